The lowest BCUT2D eigenvalue weighted by molar-refractivity contribution is 0.610. The molecule has 2 heterocycles. The highest BCUT2D eigenvalue weighted by molar-refractivity contribution is 7.99. The fourth-order valence-corrected chi connectivity index (χ4v) is 3.78. The molecule has 2 aromatic heterocycles. The van der Waals surface area contributed by atoms with Gasteiger partial charge in [-0.3, -0.25) is 0 Å². The van der Waals surface area contributed by atoms with Crippen LogP contribution in [0.15, 0.2) is 53.1 Å². The number of fused-ring (bicyclic) bond motifs is 1. The van der Waals surface area contributed by atoms with Gasteiger partial charge in [0.1, 0.15) is 11.4 Å². The van der Waals surface area contributed by atoms with Gasteiger partial charge in [0, 0.05) is 28.6 Å². The van der Waals surface area contributed by atoms with Crippen LogP contribution in [0.1, 0.15) is 17.8 Å². The Labute approximate surface area is 132 Å². The average Bonchev–Trinajstić information content (AvgIpc) is 3.06. The fraction of sp³-hybridized carbons (Fsp3) is 0.250. The molecule has 0 aliphatic carbocycles. The zero-order valence-electron chi connectivity index (χ0n) is 11.8. The average molecular weight is 315 g/mol. The molecule has 0 aliphatic rings. The lowest BCUT2D eigenvalue weighted by Gasteiger charge is -2.11. The Bertz CT molecular complexity index is 692. The number of para-hydroxylation sites is 1. The minimum absolute atomic E-state index is 0.410. The Kier molecular flexibility index (Phi) is 4.85. The zero-order chi connectivity index (χ0) is 14.5. The molecule has 0 fully saturated rings. The number of nitrogens with one attached hydrogen (secondary N) is 1. The van der Waals surface area contributed by atoms with E-state index in [0.29, 0.717) is 6.04 Å². The Balaban J connectivity index is 1.55. The fourth-order valence-electron chi connectivity index (χ4n) is 2.16. The summed E-state index contributed by atoms with van der Waals surface area (Å²) in [6, 6.07) is 12.8. The molecule has 108 valence electrons. The van der Waals surface area contributed by atoms with Crippen LogP contribution in [0.2, 0.25) is 0 Å². The van der Waals surface area contributed by atoms with E-state index in [2.05, 4.69) is 45.8 Å². The Morgan fingerprint density at radius 2 is 2.10 bits per heavy atom. The van der Waals surface area contributed by atoms with Gasteiger partial charge < -0.3 is 5.32 Å². The van der Waals surface area contributed by atoms with Gasteiger partial charge in [0.2, 0.25) is 0 Å². The molecule has 1 unspecified atom stereocenters. The van der Waals surface area contributed by atoms with Crippen LogP contribution in [0, 0.1) is 0 Å². The monoisotopic (exact) mass is 315 g/mol. The van der Waals surface area contributed by atoms with Crippen LogP contribution in [0.5, 0.6) is 0 Å². The van der Waals surface area contributed by atoms with Crippen molar-refractivity contribution in [2.75, 3.05) is 12.3 Å². The second kappa shape index (κ2) is 7.02. The van der Waals surface area contributed by atoms with E-state index in [4.69, 9.17) is 0 Å². The van der Waals surface area contributed by atoms with E-state index in [1.54, 1.807) is 29.4 Å². The van der Waals surface area contributed by atoms with Gasteiger partial charge in [-0.05, 0) is 24.4 Å². The quantitative estimate of drug-likeness (QED) is 0.421. The summed E-state index contributed by atoms with van der Waals surface area (Å²) in [7, 11) is 0. The molecule has 21 heavy (non-hydrogen) atoms. The molecule has 0 saturated heterocycles. The summed E-state index contributed by atoms with van der Waals surface area (Å²) in [6.07, 6.45) is 1.65. The van der Waals surface area contributed by atoms with Gasteiger partial charge in [-0.1, -0.05) is 24.3 Å². The highest BCUT2D eigenvalue weighted by Crippen LogP contribution is 2.24. The number of thiophene rings is 1. The maximum Gasteiger partial charge on any atom is 0.117 e. The molecule has 0 saturated carbocycles. The molecular weight excluding hydrogens is 298 g/mol. The minimum atomic E-state index is 0.410. The standard InChI is InChI=1S/C16H17N3S2/c1-12(15-7-4-9-20-15)17-8-10-21-16-13-5-2-3-6-14(13)18-11-19-16/h2-7,9,11-12,17H,8,10H2,1H3. The second-order valence-electron chi connectivity index (χ2n) is 4.74. The second-order valence-corrected chi connectivity index (χ2v) is 6.80. The first kappa shape index (κ1) is 14.5. The first-order chi connectivity index (χ1) is 10.3. The van der Waals surface area contributed by atoms with Crippen molar-refractivity contribution in [2.24, 2.45) is 0 Å². The Hall–Kier alpha value is -1.43. The summed E-state index contributed by atoms with van der Waals surface area (Å²) in [5.41, 5.74) is 1.01. The number of thioether (sulfide) groups is 1. The van der Waals surface area contributed by atoms with E-state index in [9.17, 15) is 0 Å². The van der Waals surface area contributed by atoms with Crippen LogP contribution in [0.3, 0.4) is 0 Å². The van der Waals surface area contributed by atoms with Crippen molar-refractivity contribution in [3.63, 3.8) is 0 Å². The van der Waals surface area contributed by atoms with E-state index in [1.807, 2.05) is 18.2 Å². The van der Waals surface area contributed by atoms with Crippen LogP contribution < -0.4 is 5.32 Å². The third-order valence-electron chi connectivity index (χ3n) is 3.27. The number of nitrogens with zero attached hydrogens (tertiary/aromatic N) is 2. The van der Waals surface area contributed by atoms with Crippen molar-refractivity contribution >= 4 is 34.0 Å². The Morgan fingerprint density at radius 3 is 2.95 bits per heavy atom. The van der Waals surface area contributed by atoms with Gasteiger partial charge >= 0.3 is 0 Å². The highest BCUT2D eigenvalue weighted by atomic mass is 32.2. The van der Waals surface area contributed by atoms with Crippen LogP contribution >= 0.6 is 23.1 Å². The smallest absolute Gasteiger partial charge is 0.117 e. The summed E-state index contributed by atoms with van der Waals surface area (Å²) >= 11 is 3.58. The van der Waals surface area contributed by atoms with E-state index < -0.39 is 0 Å². The first-order valence-electron chi connectivity index (χ1n) is 6.94. The summed E-state index contributed by atoms with van der Waals surface area (Å²) in [6.45, 7) is 3.17. The third kappa shape index (κ3) is 3.61. The minimum Gasteiger partial charge on any atom is -0.309 e. The first-order valence-corrected chi connectivity index (χ1v) is 8.80. The van der Waals surface area contributed by atoms with Crippen LogP contribution in [0.25, 0.3) is 10.9 Å². The van der Waals surface area contributed by atoms with Crippen LogP contribution in [0.4, 0.5) is 0 Å². The van der Waals surface area contributed by atoms with E-state index in [1.165, 1.54) is 4.88 Å². The summed E-state index contributed by atoms with van der Waals surface area (Å²) < 4.78 is 0. The molecule has 5 heteroatoms. The third-order valence-corrected chi connectivity index (χ3v) is 5.33. The molecule has 1 atom stereocenters. The maximum absolute atomic E-state index is 4.40. The van der Waals surface area contributed by atoms with Gasteiger partial charge in [0.25, 0.3) is 0 Å². The normalized spacial score (nSPS) is 12.6. The maximum atomic E-state index is 4.40. The Morgan fingerprint density at radius 1 is 1.19 bits per heavy atom. The summed E-state index contributed by atoms with van der Waals surface area (Å²) in [5.74, 6) is 0.997. The van der Waals surface area contributed by atoms with Gasteiger partial charge in [-0.2, -0.15) is 0 Å². The predicted molar refractivity (Wildman–Crippen MR) is 91.0 cm³/mol. The topological polar surface area (TPSA) is 37.8 Å². The molecular formula is C16H17N3S2. The molecule has 1 N–H and O–H groups in total. The van der Waals surface area contributed by atoms with E-state index >= 15 is 0 Å². The van der Waals surface area contributed by atoms with Crippen molar-refractivity contribution in [2.45, 2.75) is 18.0 Å². The number of aromatic nitrogens is 2. The largest absolute Gasteiger partial charge is 0.309 e. The van der Waals surface area contributed by atoms with E-state index in [0.717, 1.165) is 28.2 Å². The molecule has 0 amide bonds. The number of hydrogen-bond acceptors (Lipinski definition) is 5. The van der Waals surface area contributed by atoms with Crippen molar-refractivity contribution < 1.29 is 0 Å². The zero-order valence-corrected chi connectivity index (χ0v) is 13.5. The molecule has 0 spiro atoms. The molecule has 3 rings (SSSR count). The predicted octanol–water partition coefficient (Wildman–Crippen LogP) is 4.13. The highest BCUT2D eigenvalue weighted by Gasteiger charge is 2.06. The molecule has 0 radical (unpaired) electrons. The van der Waals surface area contributed by atoms with Crippen molar-refractivity contribution in [3.8, 4) is 0 Å². The molecule has 0 aliphatic heterocycles. The van der Waals surface area contributed by atoms with Crippen LogP contribution in [-0.2, 0) is 0 Å². The lowest BCUT2D eigenvalue weighted by atomic mass is 10.2. The van der Waals surface area contributed by atoms with Gasteiger partial charge in [-0.25, -0.2) is 9.97 Å². The summed E-state index contributed by atoms with van der Waals surface area (Å²) in [4.78, 5) is 10.1. The van der Waals surface area contributed by atoms with Crippen LogP contribution in [-0.4, -0.2) is 22.3 Å². The van der Waals surface area contributed by atoms with Gasteiger partial charge in [-0.15, -0.1) is 23.1 Å². The molecule has 3 nitrogen and oxygen atoms in total. The SMILES string of the molecule is CC(NCCSc1ncnc2ccccc12)c1cccs1. The van der Waals surface area contributed by atoms with Crippen molar-refractivity contribution in [1.82, 2.24) is 15.3 Å². The summed E-state index contributed by atoms with van der Waals surface area (Å²) in [5, 5.41) is 7.87. The van der Waals surface area contributed by atoms with Crippen molar-refractivity contribution in [3.05, 3.63) is 53.0 Å². The number of rotatable bonds is 6. The molecule has 3 aromatic rings. The number of benzene rings is 1. The van der Waals surface area contributed by atoms with Gasteiger partial charge in [0.05, 0.1) is 5.52 Å². The van der Waals surface area contributed by atoms with Crippen molar-refractivity contribution in [1.29, 1.82) is 0 Å². The molecule has 1 aromatic carbocycles. The van der Waals surface area contributed by atoms with Gasteiger partial charge in [0.15, 0.2) is 0 Å². The van der Waals surface area contributed by atoms with E-state index in [-0.39, 0.29) is 0 Å². The number of hydrogen-bond donors (Lipinski definition) is 1. The molecule has 0 bridgehead atoms. The lowest BCUT2D eigenvalue weighted by Crippen LogP contribution is -2.20.